The normalized spacial score (nSPS) is 20.2. The Hall–Kier alpha value is -3.61. The van der Waals surface area contributed by atoms with E-state index in [1.54, 1.807) is 31.4 Å². The summed E-state index contributed by atoms with van der Waals surface area (Å²) in [5, 5.41) is 11.9. The predicted molar refractivity (Wildman–Crippen MR) is 133 cm³/mol. The molecule has 4 rings (SSSR count). The molecule has 0 radical (unpaired) electrons. The molecule has 36 heavy (non-hydrogen) atoms. The number of benzene rings is 2. The molecule has 2 aliphatic rings. The Morgan fingerprint density at radius 3 is 2.25 bits per heavy atom. The number of alkyl carbamates (subject to hydrolysis) is 1. The summed E-state index contributed by atoms with van der Waals surface area (Å²) in [4.78, 5) is 29.5. The summed E-state index contributed by atoms with van der Waals surface area (Å²) in [6.07, 6.45) is 1.61. The van der Waals surface area contributed by atoms with Gasteiger partial charge in [0.15, 0.2) is 5.78 Å². The molecule has 9 heteroatoms. The fraction of sp³-hybridized carbons (Fsp3) is 0.444. The summed E-state index contributed by atoms with van der Waals surface area (Å²) in [6, 6.07) is 16.6. The van der Waals surface area contributed by atoms with Crippen molar-refractivity contribution in [2.75, 3.05) is 47.0 Å². The number of ketones is 1. The first-order valence-electron chi connectivity index (χ1n) is 12.1. The van der Waals surface area contributed by atoms with Crippen LogP contribution in [-0.2, 0) is 4.74 Å². The van der Waals surface area contributed by atoms with Crippen LogP contribution in [-0.4, -0.2) is 86.8 Å². The Morgan fingerprint density at radius 1 is 1.03 bits per heavy atom. The van der Waals surface area contributed by atoms with Gasteiger partial charge in [0.1, 0.15) is 18.1 Å². The summed E-state index contributed by atoms with van der Waals surface area (Å²) < 4.78 is 15.9. The molecule has 1 amide bonds. The van der Waals surface area contributed by atoms with Crippen molar-refractivity contribution in [3.63, 3.8) is 0 Å². The molecule has 0 spiro atoms. The minimum atomic E-state index is -0.500. The van der Waals surface area contributed by atoms with Crippen molar-refractivity contribution >= 4 is 11.9 Å². The third-order valence-electron chi connectivity index (χ3n) is 6.86. The Kier molecular flexibility index (Phi) is 8.41. The van der Waals surface area contributed by atoms with Crippen LogP contribution in [0.25, 0.3) is 0 Å². The van der Waals surface area contributed by atoms with Crippen molar-refractivity contribution in [3.05, 3.63) is 59.7 Å². The van der Waals surface area contributed by atoms with Crippen molar-refractivity contribution < 1.29 is 23.8 Å². The van der Waals surface area contributed by atoms with Gasteiger partial charge in [-0.15, -0.1) is 0 Å². The highest BCUT2D eigenvalue weighted by molar-refractivity contribution is 5.97. The lowest BCUT2D eigenvalue weighted by molar-refractivity contribution is 0.0497. The number of hydrogen-bond acceptors (Lipinski definition) is 8. The molecule has 2 unspecified atom stereocenters. The van der Waals surface area contributed by atoms with E-state index in [0.29, 0.717) is 42.0 Å². The van der Waals surface area contributed by atoms with Gasteiger partial charge in [-0.2, -0.15) is 5.26 Å². The summed E-state index contributed by atoms with van der Waals surface area (Å²) in [5.74, 6) is 1.47. The van der Waals surface area contributed by atoms with Gasteiger partial charge in [0, 0.05) is 37.3 Å². The number of likely N-dealkylation sites (tertiary alicyclic amines) is 1. The zero-order valence-corrected chi connectivity index (χ0v) is 20.7. The van der Waals surface area contributed by atoms with Crippen LogP contribution in [0.3, 0.4) is 0 Å². The molecule has 0 saturated carbocycles. The number of rotatable bonds is 10. The second kappa shape index (κ2) is 11.9. The Labute approximate surface area is 211 Å². The van der Waals surface area contributed by atoms with Crippen LogP contribution in [0.2, 0.25) is 0 Å². The zero-order valence-electron chi connectivity index (χ0n) is 20.7. The van der Waals surface area contributed by atoms with E-state index in [2.05, 4.69) is 21.2 Å². The quantitative estimate of drug-likeness (QED) is 0.505. The van der Waals surface area contributed by atoms with Gasteiger partial charge in [0.05, 0.1) is 38.4 Å². The maximum Gasteiger partial charge on any atom is 0.407 e. The molecular formula is C27H32N4O5. The van der Waals surface area contributed by atoms with Gasteiger partial charge in [-0.25, -0.2) is 4.79 Å². The molecule has 0 aliphatic carbocycles. The van der Waals surface area contributed by atoms with E-state index in [1.807, 2.05) is 24.3 Å². The lowest BCUT2D eigenvalue weighted by Crippen LogP contribution is -2.58. The maximum atomic E-state index is 12.8. The highest BCUT2D eigenvalue weighted by atomic mass is 16.5. The topological polar surface area (TPSA) is 104 Å². The fourth-order valence-electron chi connectivity index (χ4n) is 5.02. The Bertz CT molecular complexity index is 1070. The Balaban J connectivity index is 1.34. The lowest BCUT2D eigenvalue weighted by atomic mass is 10.1. The van der Waals surface area contributed by atoms with Gasteiger partial charge in [0.25, 0.3) is 0 Å². The predicted octanol–water partition coefficient (Wildman–Crippen LogP) is 2.70. The first-order valence-corrected chi connectivity index (χ1v) is 12.1. The smallest absolute Gasteiger partial charge is 0.407 e. The summed E-state index contributed by atoms with van der Waals surface area (Å²) in [7, 11) is 2.95. The average Bonchev–Trinajstić information content (AvgIpc) is 3.13. The highest BCUT2D eigenvalue weighted by Crippen LogP contribution is 2.30. The number of carbonyl (C=O) groups excluding carboxylic acids is 2. The number of ether oxygens (including phenoxy) is 3. The van der Waals surface area contributed by atoms with E-state index in [0.717, 1.165) is 31.7 Å². The highest BCUT2D eigenvalue weighted by Gasteiger charge is 2.41. The van der Waals surface area contributed by atoms with Gasteiger partial charge in [0.2, 0.25) is 0 Å². The van der Waals surface area contributed by atoms with Crippen LogP contribution in [0.5, 0.6) is 11.5 Å². The van der Waals surface area contributed by atoms with Gasteiger partial charge in [-0.3, -0.25) is 14.6 Å². The van der Waals surface area contributed by atoms with Crippen LogP contribution in [0, 0.1) is 11.3 Å². The molecule has 2 bridgehead atoms. The van der Waals surface area contributed by atoms with Crippen molar-refractivity contribution in [2.45, 2.75) is 31.0 Å². The molecule has 2 saturated heterocycles. The molecule has 2 fully saturated rings. The number of piperazine rings is 1. The van der Waals surface area contributed by atoms with E-state index >= 15 is 0 Å². The first-order chi connectivity index (χ1) is 17.5. The monoisotopic (exact) mass is 492 g/mol. The van der Waals surface area contributed by atoms with Crippen LogP contribution >= 0.6 is 0 Å². The van der Waals surface area contributed by atoms with Crippen LogP contribution in [0.15, 0.2) is 48.5 Å². The molecule has 2 aliphatic heterocycles. The van der Waals surface area contributed by atoms with Crippen LogP contribution < -0.4 is 14.8 Å². The summed E-state index contributed by atoms with van der Waals surface area (Å²) in [5.41, 5.74) is 1.25. The number of amides is 1. The summed E-state index contributed by atoms with van der Waals surface area (Å²) in [6.45, 7) is 2.90. The number of carbonyl (C=O) groups is 2. The van der Waals surface area contributed by atoms with E-state index in [4.69, 9.17) is 19.5 Å². The SMILES string of the molecule is COC(=O)N[C@H](COc1ccc(C#N)cc1)CN1C2CCC1CN(CC(=O)c1ccc(OC)cc1)C2. The van der Waals surface area contributed by atoms with Crippen molar-refractivity contribution in [1.82, 2.24) is 15.1 Å². The van der Waals surface area contributed by atoms with Crippen molar-refractivity contribution in [3.8, 4) is 17.6 Å². The number of nitrogens with one attached hydrogen (secondary N) is 1. The van der Waals surface area contributed by atoms with Gasteiger partial charge < -0.3 is 19.5 Å². The number of nitrogens with zero attached hydrogens (tertiary/aromatic N) is 3. The van der Waals surface area contributed by atoms with Gasteiger partial charge in [-0.1, -0.05) is 0 Å². The maximum absolute atomic E-state index is 12.8. The minimum absolute atomic E-state index is 0.103. The van der Waals surface area contributed by atoms with E-state index in [-0.39, 0.29) is 18.4 Å². The number of fused-ring (bicyclic) bond motifs is 2. The van der Waals surface area contributed by atoms with E-state index in [1.165, 1.54) is 7.11 Å². The van der Waals surface area contributed by atoms with Crippen LogP contribution in [0.4, 0.5) is 4.79 Å². The number of hydrogen-bond donors (Lipinski definition) is 1. The van der Waals surface area contributed by atoms with Crippen molar-refractivity contribution in [2.24, 2.45) is 0 Å². The fourth-order valence-corrected chi connectivity index (χ4v) is 5.02. The molecule has 1 N–H and O–H groups in total. The molecule has 0 aromatic heterocycles. The van der Waals surface area contributed by atoms with Gasteiger partial charge in [-0.05, 0) is 61.4 Å². The second-order valence-corrected chi connectivity index (χ2v) is 9.21. The lowest BCUT2D eigenvalue weighted by Gasteiger charge is -2.42. The largest absolute Gasteiger partial charge is 0.497 e. The summed E-state index contributed by atoms with van der Waals surface area (Å²) >= 11 is 0. The molecule has 2 aromatic carbocycles. The van der Waals surface area contributed by atoms with E-state index < -0.39 is 6.09 Å². The second-order valence-electron chi connectivity index (χ2n) is 9.21. The molecule has 2 aromatic rings. The number of methoxy groups -OCH3 is 2. The molecule has 2 heterocycles. The number of Topliss-reactive ketones (excluding diaryl/α,β-unsaturated/α-hetero) is 1. The number of nitriles is 1. The molecule has 190 valence electrons. The molecular weight excluding hydrogens is 460 g/mol. The van der Waals surface area contributed by atoms with Crippen LogP contribution in [0.1, 0.15) is 28.8 Å². The Morgan fingerprint density at radius 2 is 1.67 bits per heavy atom. The zero-order chi connectivity index (χ0) is 25.5. The third-order valence-corrected chi connectivity index (χ3v) is 6.86. The van der Waals surface area contributed by atoms with Crippen molar-refractivity contribution in [1.29, 1.82) is 5.26 Å². The van der Waals surface area contributed by atoms with Gasteiger partial charge >= 0.3 is 6.09 Å². The molecule has 9 nitrogen and oxygen atoms in total. The molecule has 3 atom stereocenters. The van der Waals surface area contributed by atoms with E-state index in [9.17, 15) is 9.59 Å². The third kappa shape index (κ3) is 6.33. The minimum Gasteiger partial charge on any atom is -0.497 e. The first kappa shape index (κ1) is 25.5. The standard InChI is InChI=1S/C27H32N4O5/c1-34-24-11-5-20(6-12-24)26(32)17-30-15-22-7-8-23(16-30)31(22)14-21(29-27(33)35-2)18-36-25-9-3-19(13-28)4-10-25/h3-6,9-12,21-23H,7-8,14-18H2,1-2H3,(H,29,33)/t21-,22?,23?/m0/s1. The average molecular weight is 493 g/mol.